The van der Waals surface area contributed by atoms with Gasteiger partial charge in [0, 0.05) is 17.2 Å². The van der Waals surface area contributed by atoms with Crippen molar-refractivity contribution in [3.8, 4) is 5.75 Å². The van der Waals surface area contributed by atoms with Crippen molar-refractivity contribution >= 4 is 11.8 Å². The number of methoxy groups -OCH3 is 1. The number of hydrogen-bond donors (Lipinski definition) is 1. The van der Waals surface area contributed by atoms with Crippen molar-refractivity contribution in [2.75, 3.05) is 12.9 Å². The van der Waals surface area contributed by atoms with Crippen LogP contribution in [-0.4, -0.2) is 28.2 Å². The van der Waals surface area contributed by atoms with Gasteiger partial charge in [-0.25, -0.2) is 0 Å². The lowest BCUT2D eigenvalue weighted by Gasteiger charge is -2.15. The molecule has 0 aliphatic rings. The molecule has 0 saturated heterocycles. The van der Waals surface area contributed by atoms with Crippen LogP contribution in [0.5, 0.6) is 5.75 Å². The first-order chi connectivity index (χ1) is 7.69. The molecule has 0 saturated carbocycles. The Morgan fingerprint density at radius 3 is 2.94 bits per heavy atom. The monoisotopic (exact) mass is 241 g/mol. The van der Waals surface area contributed by atoms with E-state index in [0.717, 1.165) is 6.42 Å². The van der Waals surface area contributed by atoms with E-state index < -0.39 is 6.10 Å². The quantitative estimate of drug-likeness (QED) is 0.831. The van der Waals surface area contributed by atoms with Crippen molar-refractivity contribution in [3.63, 3.8) is 0 Å². The van der Waals surface area contributed by atoms with Gasteiger partial charge in [0.05, 0.1) is 7.11 Å². The van der Waals surface area contributed by atoms with Crippen LogP contribution in [0.15, 0.2) is 18.3 Å². The standard InChI is InChI=1S/C12H19NO2S/c1-4-9(2)16-8-10(14)12-11(15-3)6-5-7-13-12/h5-7,9-10,14H,4,8H2,1-3H3. The summed E-state index contributed by atoms with van der Waals surface area (Å²) >= 11 is 1.75. The largest absolute Gasteiger partial charge is 0.495 e. The van der Waals surface area contributed by atoms with Crippen molar-refractivity contribution in [2.24, 2.45) is 0 Å². The maximum absolute atomic E-state index is 10.0. The number of aliphatic hydroxyl groups excluding tert-OH is 1. The van der Waals surface area contributed by atoms with Gasteiger partial charge in [0.1, 0.15) is 17.5 Å². The molecule has 16 heavy (non-hydrogen) atoms. The zero-order chi connectivity index (χ0) is 12.0. The Hall–Kier alpha value is -0.740. The molecule has 0 aromatic carbocycles. The van der Waals surface area contributed by atoms with Crippen molar-refractivity contribution < 1.29 is 9.84 Å². The Morgan fingerprint density at radius 2 is 2.31 bits per heavy atom. The second-order valence-electron chi connectivity index (χ2n) is 3.66. The van der Waals surface area contributed by atoms with Crippen LogP contribution in [0.1, 0.15) is 32.1 Å². The highest BCUT2D eigenvalue weighted by molar-refractivity contribution is 7.99. The van der Waals surface area contributed by atoms with Gasteiger partial charge in [-0.15, -0.1) is 0 Å². The molecule has 0 bridgehead atoms. The molecule has 0 aliphatic heterocycles. The van der Waals surface area contributed by atoms with Gasteiger partial charge in [0.25, 0.3) is 0 Å². The summed E-state index contributed by atoms with van der Waals surface area (Å²) in [6, 6.07) is 3.62. The van der Waals surface area contributed by atoms with E-state index in [1.165, 1.54) is 0 Å². The van der Waals surface area contributed by atoms with Gasteiger partial charge < -0.3 is 9.84 Å². The zero-order valence-corrected chi connectivity index (χ0v) is 10.8. The fraction of sp³-hybridized carbons (Fsp3) is 0.583. The molecule has 3 nitrogen and oxygen atoms in total. The fourth-order valence-electron chi connectivity index (χ4n) is 1.28. The lowest BCUT2D eigenvalue weighted by molar-refractivity contribution is 0.193. The lowest BCUT2D eigenvalue weighted by Crippen LogP contribution is -2.08. The molecule has 1 aromatic heterocycles. The van der Waals surface area contributed by atoms with Gasteiger partial charge in [0.2, 0.25) is 0 Å². The van der Waals surface area contributed by atoms with Gasteiger partial charge in [0.15, 0.2) is 0 Å². The highest BCUT2D eigenvalue weighted by Gasteiger charge is 2.15. The normalized spacial score (nSPS) is 14.5. The van der Waals surface area contributed by atoms with E-state index >= 15 is 0 Å². The summed E-state index contributed by atoms with van der Waals surface area (Å²) in [5.74, 6) is 1.31. The predicted molar refractivity (Wildman–Crippen MR) is 68.0 cm³/mol. The number of aromatic nitrogens is 1. The van der Waals surface area contributed by atoms with Gasteiger partial charge >= 0.3 is 0 Å². The van der Waals surface area contributed by atoms with Crippen molar-refractivity contribution in [1.29, 1.82) is 0 Å². The van der Waals surface area contributed by atoms with Crippen LogP contribution in [-0.2, 0) is 0 Å². The minimum atomic E-state index is -0.560. The smallest absolute Gasteiger partial charge is 0.143 e. The average molecular weight is 241 g/mol. The SMILES string of the molecule is CCC(C)SCC(O)c1ncccc1OC. The Balaban J connectivity index is 2.61. The summed E-state index contributed by atoms with van der Waals surface area (Å²) in [5.41, 5.74) is 0.626. The van der Waals surface area contributed by atoms with Crippen molar-refractivity contribution in [1.82, 2.24) is 4.98 Å². The molecule has 1 aromatic rings. The number of aliphatic hydroxyl groups is 1. The lowest BCUT2D eigenvalue weighted by atomic mass is 10.2. The van der Waals surface area contributed by atoms with E-state index in [2.05, 4.69) is 18.8 Å². The third kappa shape index (κ3) is 3.68. The van der Waals surface area contributed by atoms with Crippen LogP contribution in [0.25, 0.3) is 0 Å². The van der Waals surface area contributed by atoms with Crippen LogP contribution in [0.4, 0.5) is 0 Å². The molecule has 0 fully saturated rings. The number of hydrogen-bond acceptors (Lipinski definition) is 4. The minimum Gasteiger partial charge on any atom is -0.495 e. The molecule has 0 aliphatic carbocycles. The van der Waals surface area contributed by atoms with Gasteiger partial charge in [-0.05, 0) is 18.6 Å². The van der Waals surface area contributed by atoms with Crippen LogP contribution in [0.2, 0.25) is 0 Å². The number of thioether (sulfide) groups is 1. The van der Waals surface area contributed by atoms with E-state index in [0.29, 0.717) is 22.4 Å². The number of nitrogens with zero attached hydrogens (tertiary/aromatic N) is 1. The van der Waals surface area contributed by atoms with E-state index in [4.69, 9.17) is 4.74 Å². The van der Waals surface area contributed by atoms with E-state index in [-0.39, 0.29) is 0 Å². The molecule has 1 N–H and O–H groups in total. The van der Waals surface area contributed by atoms with Crippen molar-refractivity contribution in [2.45, 2.75) is 31.6 Å². The summed E-state index contributed by atoms with van der Waals surface area (Å²) < 4.78 is 5.17. The minimum absolute atomic E-state index is 0.560. The molecule has 1 rings (SSSR count). The summed E-state index contributed by atoms with van der Waals surface area (Å²) in [4.78, 5) is 4.16. The third-order valence-electron chi connectivity index (χ3n) is 2.45. The maximum atomic E-state index is 10.0. The topological polar surface area (TPSA) is 42.4 Å². The van der Waals surface area contributed by atoms with Gasteiger partial charge in [-0.1, -0.05) is 13.8 Å². The Morgan fingerprint density at radius 1 is 1.56 bits per heavy atom. The molecule has 1 heterocycles. The Bertz CT molecular complexity index is 320. The molecule has 0 amide bonds. The molecule has 0 radical (unpaired) electrons. The van der Waals surface area contributed by atoms with Crippen molar-refractivity contribution in [3.05, 3.63) is 24.0 Å². The third-order valence-corrected chi connectivity index (χ3v) is 3.86. The molecule has 90 valence electrons. The van der Waals surface area contributed by atoms with Gasteiger partial charge in [-0.3, -0.25) is 4.98 Å². The molecule has 2 unspecified atom stereocenters. The highest BCUT2D eigenvalue weighted by atomic mass is 32.2. The number of pyridine rings is 1. The van der Waals surface area contributed by atoms with Crippen LogP contribution < -0.4 is 4.74 Å². The second-order valence-corrected chi connectivity index (χ2v) is 5.13. The molecule has 0 spiro atoms. The van der Waals surface area contributed by atoms with Crippen LogP contribution in [0, 0.1) is 0 Å². The van der Waals surface area contributed by atoms with E-state index in [9.17, 15) is 5.11 Å². The first-order valence-electron chi connectivity index (χ1n) is 5.47. The van der Waals surface area contributed by atoms with Crippen LogP contribution in [0.3, 0.4) is 0 Å². The molecule has 4 heteroatoms. The fourth-order valence-corrected chi connectivity index (χ4v) is 2.18. The number of rotatable bonds is 6. The van der Waals surface area contributed by atoms with E-state index in [1.54, 1.807) is 31.1 Å². The maximum Gasteiger partial charge on any atom is 0.143 e. The predicted octanol–water partition coefficient (Wildman–Crippen LogP) is 2.66. The first kappa shape index (κ1) is 13.3. The van der Waals surface area contributed by atoms with E-state index in [1.807, 2.05) is 6.07 Å². The average Bonchev–Trinajstić information content (AvgIpc) is 2.35. The van der Waals surface area contributed by atoms with Gasteiger partial charge in [-0.2, -0.15) is 11.8 Å². The highest BCUT2D eigenvalue weighted by Crippen LogP contribution is 2.26. The Labute approximate surface area is 101 Å². The van der Waals surface area contributed by atoms with Crippen LogP contribution >= 0.6 is 11.8 Å². The second kappa shape index (κ2) is 6.76. The molecular formula is C12H19NO2S. The molecule has 2 atom stereocenters. The summed E-state index contributed by atoms with van der Waals surface area (Å²) in [5, 5.41) is 10.6. The Kier molecular flexibility index (Phi) is 5.63. The summed E-state index contributed by atoms with van der Waals surface area (Å²) in [7, 11) is 1.59. The zero-order valence-electron chi connectivity index (χ0n) is 10.0. The number of ether oxygens (including phenoxy) is 1. The summed E-state index contributed by atoms with van der Waals surface area (Å²) in [6.45, 7) is 4.30. The first-order valence-corrected chi connectivity index (χ1v) is 6.52. The molecular weight excluding hydrogens is 222 g/mol. The summed E-state index contributed by atoms with van der Waals surface area (Å²) in [6.07, 6.45) is 2.22.